The van der Waals surface area contributed by atoms with Gasteiger partial charge in [-0.3, -0.25) is 9.69 Å². The minimum Gasteiger partial charge on any atom is -0.492 e. The van der Waals surface area contributed by atoms with Gasteiger partial charge in [0.25, 0.3) is 0 Å². The van der Waals surface area contributed by atoms with Gasteiger partial charge in [-0.15, -0.1) is 0 Å². The van der Waals surface area contributed by atoms with E-state index in [1.165, 1.54) is 58.3 Å². The summed E-state index contributed by atoms with van der Waals surface area (Å²) in [6.45, 7) is 7.13. The second kappa shape index (κ2) is 9.75. The average Bonchev–Trinajstić information content (AvgIpc) is 2.77. The third-order valence-corrected chi connectivity index (χ3v) is 6.70. The van der Waals surface area contributed by atoms with Gasteiger partial charge in [-0.25, -0.2) is 0 Å². The van der Waals surface area contributed by atoms with E-state index in [1.807, 2.05) is 18.2 Å². The number of nitrogens with zero attached hydrogens (tertiary/aromatic N) is 2. The van der Waals surface area contributed by atoms with E-state index in [2.05, 4.69) is 21.2 Å². The summed E-state index contributed by atoms with van der Waals surface area (Å²) in [6, 6.07) is 8.88. The predicted molar refractivity (Wildman–Crippen MR) is 112 cm³/mol. The van der Waals surface area contributed by atoms with Crippen LogP contribution in [0.2, 0.25) is 0 Å². The molecule has 2 heterocycles. The van der Waals surface area contributed by atoms with Crippen LogP contribution in [0.1, 0.15) is 44.1 Å². The lowest BCUT2D eigenvalue weighted by Crippen LogP contribution is -2.51. The van der Waals surface area contributed by atoms with Crippen LogP contribution in [0.25, 0.3) is 0 Å². The van der Waals surface area contributed by atoms with Gasteiger partial charge in [0.15, 0.2) is 0 Å². The first-order valence-electron chi connectivity index (χ1n) is 11.2. The van der Waals surface area contributed by atoms with E-state index in [9.17, 15) is 4.79 Å². The third kappa shape index (κ3) is 5.06. The van der Waals surface area contributed by atoms with E-state index in [0.29, 0.717) is 6.61 Å². The van der Waals surface area contributed by atoms with Crippen LogP contribution in [-0.4, -0.2) is 67.6 Å². The van der Waals surface area contributed by atoms with E-state index in [-0.39, 0.29) is 11.8 Å². The van der Waals surface area contributed by atoms with Crippen molar-refractivity contribution in [2.45, 2.75) is 51.0 Å². The summed E-state index contributed by atoms with van der Waals surface area (Å²) in [5, 5.41) is 3.13. The van der Waals surface area contributed by atoms with Gasteiger partial charge in [-0.2, -0.15) is 0 Å². The van der Waals surface area contributed by atoms with Gasteiger partial charge in [-0.05, 0) is 43.9 Å². The maximum absolute atomic E-state index is 12.5. The predicted octanol–water partition coefficient (Wildman–Crippen LogP) is 2.69. The normalized spacial score (nSPS) is 24.4. The monoisotopic (exact) mass is 385 g/mol. The fourth-order valence-electron chi connectivity index (χ4n) is 4.95. The highest BCUT2D eigenvalue weighted by Gasteiger charge is 2.26. The molecule has 0 unspecified atom stereocenters. The molecule has 154 valence electrons. The molecule has 1 aromatic rings. The number of hydrogen-bond donors (Lipinski definition) is 1. The summed E-state index contributed by atoms with van der Waals surface area (Å²) in [7, 11) is 0. The zero-order valence-electron chi connectivity index (χ0n) is 17.1. The number of carbonyl (C=O) groups excluding carboxylic acids is 1. The summed E-state index contributed by atoms with van der Waals surface area (Å²) >= 11 is 0. The number of para-hydroxylation sites is 1. The van der Waals surface area contributed by atoms with Gasteiger partial charge in [0.1, 0.15) is 12.4 Å². The minimum absolute atomic E-state index is 0.0612. The van der Waals surface area contributed by atoms with Gasteiger partial charge in [-0.1, -0.05) is 37.5 Å². The number of benzene rings is 1. The molecule has 3 aliphatic rings. The highest BCUT2D eigenvalue weighted by Crippen LogP contribution is 2.27. The molecule has 5 nitrogen and oxygen atoms in total. The van der Waals surface area contributed by atoms with Crippen LogP contribution in [0.3, 0.4) is 0 Å². The van der Waals surface area contributed by atoms with Crippen LogP contribution in [0.4, 0.5) is 0 Å². The van der Waals surface area contributed by atoms with E-state index in [4.69, 9.17) is 4.74 Å². The van der Waals surface area contributed by atoms with E-state index in [1.54, 1.807) is 0 Å². The lowest BCUT2D eigenvalue weighted by Gasteiger charge is -2.40. The van der Waals surface area contributed by atoms with E-state index >= 15 is 0 Å². The molecule has 0 radical (unpaired) electrons. The van der Waals surface area contributed by atoms with Crippen molar-refractivity contribution < 1.29 is 9.53 Å². The molecule has 28 heavy (non-hydrogen) atoms. The molecular formula is C23H35N3O2. The number of rotatable bonds is 6. The molecule has 1 atom stereocenters. The highest BCUT2D eigenvalue weighted by atomic mass is 16.5. The fourth-order valence-corrected chi connectivity index (χ4v) is 4.95. The molecular weight excluding hydrogens is 350 g/mol. The molecule has 4 rings (SSSR count). The Morgan fingerprint density at radius 2 is 1.86 bits per heavy atom. The van der Waals surface area contributed by atoms with Crippen LogP contribution < -0.4 is 10.1 Å². The number of hydrogen-bond acceptors (Lipinski definition) is 4. The molecule has 1 saturated heterocycles. The topological polar surface area (TPSA) is 44.8 Å². The minimum atomic E-state index is -0.0612. The van der Waals surface area contributed by atoms with Crippen molar-refractivity contribution in [3.63, 3.8) is 0 Å². The number of piperazine rings is 1. The van der Waals surface area contributed by atoms with Crippen molar-refractivity contribution in [1.82, 2.24) is 15.1 Å². The Morgan fingerprint density at radius 3 is 2.68 bits per heavy atom. The Kier molecular flexibility index (Phi) is 6.86. The lowest BCUT2D eigenvalue weighted by molar-refractivity contribution is -0.126. The van der Waals surface area contributed by atoms with Crippen LogP contribution in [-0.2, 0) is 11.2 Å². The molecule has 0 spiro atoms. The maximum Gasteiger partial charge on any atom is 0.226 e. The largest absolute Gasteiger partial charge is 0.492 e. The molecule has 2 aliphatic heterocycles. The Labute approximate surface area is 169 Å². The molecule has 1 aliphatic carbocycles. The smallest absolute Gasteiger partial charge is 0.226 e. The molecule has 1 aromatic carbocycles. The van der Waals surface area contributed by atoms with Crippen LogP contribution >= 0.6 is 0 Å². The Balaban J connectivity index is 1.11. The number of nitrogens with one attached hydrogen (secondary N) is 1. The fraction of sp³-hybridized carbons (Fsp3) is 0.696. The molecule has 2 fully saturated rings. The highest BCUT2D eigenvalue weighted by molar-refractivity contribution is 5.79. The number of ether oxygens (including phenoxy) is 1. The summed E-state index contributed by atoms with van der Waals surface area (Å²) in [5.74, 6) is 1.00. The van der Waals surface area contributed by atoms with Crippen molar-refractivity contribution in [3.8, 4) is 5.75 Å². The Bertz CT molecular complexity index is 636. The molecule has 0 bridgehead atoms. The quantitative estimate of drug-likeness (QED) is 0.765. The van der Waals surface area contributed by atoms with Crippen molar-refractivity contribution in [1.29, 1.82) is 0 Å². The number of amides is 1. The standard InChI is InChI=1S/C23H35N3O2/c27-23(20-17-19-7-4-5-10-22(19)28-18-20)24-11-6-12-25-13-15-26(16-14-25)21-8-2-1-3-9-21/h4-5,7,10,20-21H,1-3,6,8-9,11-18H2,(H,24,27)/t20-/m0/s1. The van der Waals surface area contributed by atoms with E-state index in [0.717, 1.165) is 43.3 Å². The number of fused-ring (bicyclic) bond motifs is 1. The van der Waals surface area contributed by atoms with Gasteiger partial charge >= 0.3 is 0 Å². The maximum atomic E-state index is 12.5. The first-order chi connectivity index (χ1) is 13.8. The molecule has 1 N–H and O–H groups in total. The molecule has 0 aromatic heterocycles. The zero-order chi connectivity index (χ0) is 19.2. The first kappa shape index (κ1) is 19.7. The van der Waals surface area contributed by atoms with Crippen molar-refractivity contribution in [3.05, 3.63) is 29.8 Å². The average molecular weight is 386 g/mol. The van der Waals surface area contributed by atoms with Gasteiger partial charge in [0, 0.05) is 38.8 Å². The van der Waals surface area contributed by atoms with Gasteiger partial charge in [0.05, 0.1) is 5.92 Å². The van der Waals surface area contributed by atoms with Gasteiger partial charge in [0.2, 0.25) is 5.91 Å². The zero-order valence-corrected chi connectivity index (χ0v) is 17.1. The summed E-state index contributed by atoms with van der Waals surface area (Å²) in [6.07, 6.45) is 8.89. The summed E-state index contributed by atoms with van der Waals surface area (Å²) in [4.78, 5) is 17.7. The second-order valence-corrected chi connectivity index (χ2v) is 8.63. The summed E-state index contributed by atoms with van der Waals surface area (Å²) in [5.41, 5.74) is 1.14. The molecule has 1 saturated carbocycles. The Morgan fingerprint density at radius 1 is 1.07 bits per heavy atom. The second-order valence-electron chi connectivity index (χ2n) is 8.63. The summed E-state index contributed by atoms with van der Waals surface area (Å²) < 4.78 is 5.74. The molecule has 5 heteroatoms. The first-order valence-corrected chi connectivity index (χ1v) is 11.2. The van der Waals surface area contributed by atoms with Crippen LogP contribution in [0, 0.1) is 5.92 Å². The SMILES string of the molecule is O=C(NCCCN1CCN(C2CCCCC2)CC1)[C@@H]1COc2ccccc2C1. The third-order valence-electron chi connectivity index (χ3n) is 6.70. The van der Waals surface area contributed by atoms with Crippen molar-refractivity contribution >= 4 is 5.91 Å². The van der Waals surface area contributed by atoms with Crippen LogP contribution in [0.5, 0.6) is 5.75 Å². The van der Waals surface area contributed by atoms with Crippen LogP contribution in [0.15, 0.2) is 24.3 Å². The molecule has 1 amide bonds. The van der Waals surface area contributed by atoms with Crippen molar-refractivity contribution in [2.24, 2.45) is 5.92 Å². The van der Waals surface area contributed by atoms with E-state index < -0.39 is 0 Å². The van der Waals surface area contributed by atoms with Crippen molar-refractivity contribution in [2.75, 3.05) is 45.9 Å². The van der Waals surface area contributed by atoms with Gasteiger partial charge < -0.3 is 15.0 Å². The number of carbonyl (C=O) groups is 1. The Hall–Kier alpha value is -1.59. The lowest BCUT2D eigenvalue weighted by atomic mass is 9.94.